The predicted molar refractivity (Wildman–Crippen MR) is 118 cm³/mol. The third-order valence-electron chi connectivity index (χ3n) is 6.62. The van der Waals surface area contributed by atoms with Gasteiger partial charge in [0, 0.05) is 55.7 Å². The molecule has 1 fully saturated rings. The van der Waals surface area contributed by atoms with Gasteiger partial charge in [0.25, 0.3) is 0 Å². The summed E-state index contributed by atoms with van der Waals surface area (Å²) in [5.74, 6) is 0. The first-order valence-electron chi connectivity index (χ1n) is 10.5. The van der Waals surface area contributed by atoms with E-state index in [1.807, 2.05) is 6.07 Å². The molecule has 2 atom stereocenters. The zero-order chi connectivity index (χ0) is 21.8. The SMILES string of the molecule is Cc1cccc2c3c([nH]c12)CCN(C[C@]1(O)CN(S(=O)(=O)c2ccccc2)C[C@H]1O)C3. The van der Waals surface area contributed by atoms with Gasteiger partial charge in [-0.3, -0.25) is 4.90 Å². The van der Waals surface area contributed by atoms with E-state index in [1.165, 1.54) is 38.6 Å². The van der Waals surface area contributed by atoms with E-state index < -0.39 is 21.7 Å². The molecule has 1 aromatic heterocycles. The number of fused-ring (bicyclic) bond motifs is 3. The van der Waals surface area contributed by atoms with Crippen molar-refractivity contribution in [3.63, 3.8) is 0 Å². The van der Waals surface area contributed by atoms with Crippen LogP contribution in [0.2, 0.25) is 0 Å². The van der Waals surface area contributed by atoms with Gasteiger partial charge in [0.2, 0.25) is 10.0 Å². The summed E-state index contributed by atoms with van der Waals surface area (Å²) >= 11 is 0. The Labute approximate surface area is 182 Å². The Morgan fingerprint density at radius 1 is 1.16 bits per heavy atom. The van der Waals surface area contributed by atoms with Crippen LogP contribution in [0, 0.1) is 6.92 Å². The first-order valence-corrected chi connectivity index (χ1v) is 12.0. The minimum atomic E-state index is -3.77. The number of rotatable bonds is 4. The van der Waals surface area contributed by atoms with Gasteiger partial charge in [-0.1, -0.05) is 36.4 Å². The Morgan fingerprint density at radius 2 is 1.94 bits per heavy atom. The third kappa shape index (κ3) is 3.48. The highest BCUT2D eigenvalue weighted by Gasteiger charge is 2.49. The molecule has 3 aromatic rings. The van der Waals surface area contributed by atoms with Gasteiger partial charge in [0.15, 0.2) is 0 Å². The predicted octanol–water partition coefficient (Wildman–Crippen LogP) is 1.63. The molecule has 31 heavy (non-hydrogen) atoms. The van der Waals surface area contributed by atoms with Crippen LogP contribution in [0.4, 0.5) is 0 Å². The number of para-hydroxylation sites is 1. The molecule has 0 bridgehead atoms. The topological polar surface area (TPSA) is 96.9 Å². The van der Waals surface area contributed by atoms with E-state index in [2.05, 4.69) is 28.9 Å². The van der Waals surface area contributed by atoms with Gasteiger partial charge < -0.3 is 15.2 Å². The van der Waals surface area contributed by atoms with Crippen LogP contribution in [0.15, 0.2) is 53.4 Å². The molecule has 0 saturated carbocycles. The van der Waals surface area contributed by atoms with Crippen molar-refractivity contribution in [2.45, 2.75) is 36.5 Å². The maximum absolute atomic E-state index is 13.0. The minimum Gasteiger partial charge on any atom is -0.389 e. The highest BCUT2D eigenvalue weighted by molar-refractivity contribution is 7.89. The first-order chi connectivity index (χ1) is 14.8. The van der Waals surface area contributed by atoms with Gasteiger partial charge in [0.05, 0.1) is 11.0 Å². The molecular formula is C23H27N3O4S. The number of nitrogens with one attached hydrogen (secondary N) is 1. The van der Waals surface area contributed by atoms with Gasteiger partial charge >= 0.3 is 0 Å². The van der Waals surface area contributed by atoms with Crippen molar-refractivity contribution in [1.82, 2.24) is 14.2 Å². The molecule has 2 aliphatic rings. The van der Waals surface area contributed by atoms with Crippen molar-refractivity contribution in [3.8, 4) is 0 Å². The second kappa shape index (κ2) is 7.43. The second-order valence-corrected chi connectivity index (χ2v) is 10.7. The van der Waals surface area contributed by atoms with Crippen LogP contribution in [-0.2, 0) is 23.0 Å². The first kappa shape index (κ1) is 20.7. The van der Waals surface area contributed by atoms with E-state index in [1.54, 1.807) is 18.2 Å². The lowest BCUT2D eigenvalue weighted by molar-refractivity contribution is -0.0630. The zero-order valence-electron chi connectivity index (χ0n) is 17.5. The average molecular weight is 442 g/mol. The molecule has 0 unspecified atom stereocenters. The Kier molecular flexibility index (Phi) is 4.95. The summed E-state index contributed by atoms with van der Waals surface area (Å²) in [6, 6.07) is 14.4. The van der Waals surface area contributed by atoms with E-state index in [-0.39, 0.29) is 24.5 Å². The van der Waals surface area contributed by atoms with E-state index in [9.17, 15) is 18.6 Å². The number of aromatic amines is 1. The monoisotopic (exact) mass is 441 g/mol. The molecule has 2 aliphatic heterocycles. The lowest BCUT2D eigenvalue weighted by Crippen LogP contribution is -2.52. The number of H-pyrrole nitrogens is 1. The van der Waals surface area contributed by atoms with Crippen molar-refractivity contribution in [3.05, 3.63) is 65.4 Å². The van der Waals surface area contributed by atoms with Crippen molar-refractivity contribution in [2.24, 2.45) is 0 Å². The van der Waals surface area contributed by atoms with Crippen LogP contribution in [0.1, 0.15) is 16.8 Å². The van der Waals surface area contributed by atoms with E-state index in [0.717, 1.165) is 18.5 Å². The third-order valence-corrected chi connectivity index (χ3v) is 8.45. The molecule has 0 aliphatic carbocycles. The fraction of sp³-hybridized carbons (Fsp3) is 0.391. The van der Waals surface area contributed by atoms with E-state index in [0.29, 0.717) is 6.54 Å². The maximum atomic E-state index is 13.0. The average Bonchev–Trinajstić information content (AvgIpc) is 3.27. The summed E-state index contributed by atoms with van der Waals surface area (Å²) in [5.41, 5.74) is 3.27. The van der Waals surface area contributed by atoms with E-state index >= 15 is 0 Å². The fourth-order valence-corrected chi connectivity index (χ4v) is 6.41. The second-order valence-electron chi connectivity index (χ2n) is 8.77. The Balaban J connectivity index is 1.36. The number of aliphatic hydroxyl groups excluding tert-OH is 1. The van der Waals surface area contributed by atoms with Crippen LogP contribution in [0.5, 0.6) is 0 Å². The molecule has 2 aromatic carbocycles. The number of hydrogen-bond donors (Lipinski definition) is 3. The lowest BCUT2D eigenvalue weighted by atomic mass is 9.97. The molecule has 0 spiro atoms. The summed E-state index contributed by atoms with van der Waals surface area (Å²) in [6.07, 6.45) is -0.320. The molecule has 0 radical (unpaired) electrons. The minimum absolute atomic E-state index is 0.112. The van der Waals surface area contributed by atoms with Crippen LogP contribution in [-0.4, -0.2) is 70.7 Å². The smallest absolute Gasteiger partial charge is 0.243 e. The number of nitrogens with zero attached hydrogens (tertiary/aromatic N) is 2. The highest BCUT2D eigenvalue weighted by Crippen LogP contribution is 2.33. The van der Waals surface area contributed by atoms with Crippen LogP contribution >= 0.6 is 0 Å². The molecule has 3 heterocycles. The van der Waals surface area contributed by atoms with Crippen LogP contribution in [0.3, 0.4) is 0 Å². The summed E-state index contributed by atoms with van der Waals surface area (Å²) in [7, 11) is -3.77. The van der Waals surface area contributed by atoms with Gasteiger partial charge in [-0.25, -0.2) is 8.42 Å². The molecule has 164 valence electrons. The highest BCUT2D eigenvalue weighted by atomic mass is 32.2. The van der Waals surface area contributed by atoms with E-state index in [4.69, 9.17) is 0 Å². The van der Waals surface area contributed by atoms with Crippen molar-refractivity contribution in [2.75, 3.05) is 26.2 Å². The summed E-state index contributed by atoms with van der Waals surface area (Å²) in [4.78, 5) is 5.82. The number of benzene rings is 2. The van der Waals surface area contributed by atoms with Crippen molar-refractivity contribution in [1.29, 1.82) is 0 Å². The summed E-state index contributed by atoms with van der Waals surface area (Å²) < 4.78 is 27.1. The molecular weight excluding hydrogens is 414 g/mol. The Bertz CT molecular complexity index is 1220. The van der Waals surface area contributed by atoms with Gasteiger partial charge in [-0.05, 0) is 30.2 Å². The van der Waals surface area contributed by atoms with Crippen molar-refractivity contribution < 1.29 is 18.6 Å². The molecule has 5 rings (SSSR count). The number of aliphatic hydroxyl groups is 2. The largest absolute Gasteiger partial charge is 0.389 e. The molecule has 3 N–H and O–H groups in total. The number of hydrogen-bond acceptors (Lipinski definition) is 5. The zero-order valence-corrected chi connectivity index (χ0v) is 18.3. The molecule has 0 amide bonds. The molecule has 1 saturated heterocycles. The fourth-order valence-electron chi connectivity index (χ4n) is 4.88. The maximum Gasteiger partial charge on any atom is 0.243 e. The number of aryl methyl sites for hydroxylation is 1. The number of β-amino-alcohol motifs (C(OH)–C–C–N with tert-alkyl or cyclic N) is 2. The standard InChI is InChI=1S/C23H27N3O4S/c1-16-6-5-9-18-19-12-25(11-10-20(19)24-22(16)18)14-23(28)15-26(13-21(23)27)31(29,30)17-7-3-2-4-8-17/h2-9,21,24,27-28H,10-15H2,1H3/t21-,23+/m1/s1. The van der Waals surface area contributed by atoms with Crippen molar-refractivity contribution >= 4 is 20.9 Å². The summed E-state index contributed by atoms with van der Waals surface area (Å²) in [5, 5.41) is 23.1. The Hall–Kier alpha value is -2.23. The Morgan fingerprint density at radius 3 is 2.71 bits per heavy atom. The van der Waals surface area contributed by atoms with Crippen LogP contribution < -0.4 is 0 Å². The number of sulfonamides is 1. The van der Waals surface area contributed by atoms with Gasteiger partial charge in [-0.15, -0.1) is 0 Å². The molecule has 7 nitrogen and oxygen atoms in total. The van der Waals surface area contributed by atoms with Gasteiger partial charge in [0.1, 0.15) is 5.60 Å². The normalized spacial score (nSPS) is 25.2. The van der Waals surface area contributed by atoms with Gasteiger partial charge in [-0.2, -0.15) is 4.31 Å². The van der Waals surface area contributed by atoms with Crippen LogP contribution in [0.25, 0.3) is 10.9 Å². The number of aromatic nitrogens is 1. The molecule has 8 heteroatoms. The quantitative estimate of drug-likeness (QED) is 0.572. The lowest BCUT2D eigenvalue weighted by Gasteiger charge is -2.35. The summed E-state index contributed by atoms with van der Waals surface area (Å²) in [6.45, 7) is 3.45.